The van der Waals surface area contributed by atoms with E-state index in [-0.39, 0.29) is 52.6 Å². The van der Waals surface area contributed by atoms with Crippen molar-refractivity contribution in [3.63, 3.8) is 0 Å². The van der Waals surface area contributed by atoms with E-state index in [0.717, 1.165) is 44.9 Å². The lowest BCUT2D eigenvalue weighted by molar-refractivity contribution is -0.263. The molecule has 6 heteroatoms. The molecular formula is C34H54O5Si. The Morgan fingerprint density at radius 1 is 0.950 bits per heavy atom. The number of fused-ring (bicyclic) bond motifs is 8. The van der Waals surface area contributed by atoms with Crippen LogP contribution in [-0.4, -0.2) is 49.2 Å². The molecule has 0 bridgehead atoms. The highest BCUT2D eigenvalue weighted by Crippen LogP contribution is 2.67. The molecule has 6 rings (SSSR count). The van der Waals surface area contributed by atoms with Gasteiger partial charge in [-0.2, -0.15) is 0 Å². The highest BCUT2D eigenvalue weighted by molar-refractivity contribution is 6.74. The minimum atomic E-state index is -1.97. The van der Waals surface area contributed by atoms with Gasteiger partial charge in [-0.05, 0) is 86.9 Å². The summed E-state index contributed by atoms with van der Waals surface area (Å²) in [4.78, 5) is 0. The Kier molecular flexibility index (Phi) is 7.24. The molecule has 0 spiro atoms. The van der Waals surface area contributed by atoms with Gasteiger partial charge in [0.25, 0.3) is 0 Å². The molecule has 4 aliphatic carbocycles. The van der Waals surface area contributed by atoms with Crippen molar-refractivity contribution in [2.45, 2.75) is 147 Å². The van der Waals surface area contributed by atoms with Crippen LogP contribution in [0.1, 0.15) is 92.1 Å². The minimum Gasteiger partial charge on any atom is -0.413 e. The predicted molar refractivity (Wildman–Crippen MR) is 160 cm³/mol. The van der Waals surface area contributed by atoms with Crippen molar-refractivity contribution >= 4 is 8.32 Å². The first-order chi connectivity index (χ1) is 18.7. The average Bonchev–Trinajstić information content (AvgIpc) is 3.37. The van der Waals surface area contributed by atoms with Gasteiger partial charge in [0, 0.05) is 11.8 Å². The quantitative estimate of drug-likeness (QED) is 0.372. The molecule has 5 aliphatic rings. The summed E-state index contributed by atoms with van der Waals surface area (Å²) in [5.41, 5.74) is 0.375. The molecule has 5 fully saturated rings. The Morgan fingerprint density at radius 3 is 2.35 bits per heavy atom. The first kappa shape index (κ1) is 29.3. The van der Waals surface area contributed by atoms with E-state index in [4.69, 9.17) is 18.6 Å². The molecule has 224 valence electrons. The van der Waals surface area contributed by atoms with E-state index >= 15 is 0 Å². The number of ether oxygens (including phenoxy) is 3. The fraction of sp³-hybridized carbons (Fsp3) is 0.824. The zero-order valence-corrected chi connectivity index (χ0v) is 27.2. The third kappa shape index (κ3) is 4.68. The first-order valence-electron chi connectivity index (χ1n) is 16.1. The van der Waals surface area contributed by atoms with Gasteiger partial charge >= 0.3 is 0 Å². The van der Waals surface area contributed by atoms with Crippen molar-refractivity contribution in [1.29, 1.82) is 0 Å². The molecule has 9 unspecified atom stereocenters. The van der Waals surface area contributed by atoms with E-state index in [1.54, 1.807) is 0 Å². The third-order valence-corrected chi connectivity index (χ3v) is 16.8. The van der Waals surface area contributed by atoms with Crippen LogP contribution in [0.25, 0.3) is 0 Å². The molecule has 1 saturated heterocycles. The minimum absolute atomic E-state index is 0.0116. The molecule has 1 aromatic carbocycles. The van der Waals surface area contributed by atoms with Gasteiger partial charge in [-0.3, -0.25) is 0 Å². The molecule has 5 nitrogen and oxygen atoms in total. The summed E-state index contributed by atoms with van der Waals surface area (Å²) < 4.78 is 27.8. The first-order valence-corrected chi connectivity index (χ1v) is 19.0. The van der Waals surface area contributed by atoms with Gasteiger partial charge in [0.15, 0.2) is 14.1 Å². The smallest absolute Gasteiger partial charge is 0.192 e. The van der Waals surface area contributed by atoms with Gasteiger partial charge in [-0.25, -0.2) is 0 Å². The van der Waals surface area contributed by atoms with Crippen LogP contribution < -0.4 is 0 Å². The topological polar surface area (TPSA) is 57.2 Å². The summed E-state index contributed by atoms with van der Waals surface area (Å²) in [6.07, 6.45) is 7.28. The van der Waals surface area contributed by atoms with Gasteiger partial charge in [-0.1, -0.05) is 70.9 Å². The number of hydrogen-bond donors (Lipinski definition) is 1. The Labute approximate surface area is 243 Å². The van der Waals surface area contributed by atoms with E-state index in [1.165, 1.54) is 5.56 Å². The number of rotatable bonds is 5. The maximum atomic E-state index is 12.8. The second-order valence-electron chi connectivity index (χ2n) is 16.1. The summed E-state index contributed by atoms with van der Waals surface area (Å²) in [7, 11) is -1.97. The Balaban J connectivity index is 1.41. The van der Waals surface area contributed by atoms with Gasteiger partial charge in [0.2, 0.25) is 0 Å². The SMILES string of the molecule is CC1(C)OC2C(O1)C1CCCCC1(O)C1C(OCc3ccccc3)C[C@]3(C)C(O[Si](C)(C)C(C)(C)C)CCC3C21. The standard InChI is InChI=1S/C34H54O5Si/c1-31(2,3)40(7,8)39-26-18-17-23-27-28(25(20-33(23,26)6)36-21-22-14-10-9-11-15-22)34(35)19-13-12-16-24(34)29-30(27)38-32(4,5)37-29/h9-11,14-15,23-30,35H,12-13,16-21H2,1-8H3/t23?,24?,25?,26?,27?,28?,29?,30?,33-,34?/m0/s1. The molecule has 10 atom stereocenters. The maximum absolute atomic E-state index is 12.8. The van der Waals surface area contributed by atoms with Crippen LogP contribution in [0.5, 0.6) is 0 Å². The Bertz CT molecular complexity index is 1070. The van der Waals surface area contributed by atoms with Gasteiger partial charge in [0.1, 0.15) is 0 Å². The molecule has 1 aliphatic heterocycles. The van der Waals surface area contributed by atoms with Crippen LogP contribution in [0.15, 0.2) is 30.3 Å². The molecule has 0 radical (unpaired) electrons. The van der Waals surface area contributed by atoms with Gasteiger partial charge in [0.05, 0.1) is 36.6 Å². The molecule has 4 saturated carbocycles. The van der Waals surface area contributed by atoms with E-state index in [9.17, 15) is 5.11 Å². The van der Waals surface area contributed by atoms with E-state index in [0.29, 0.717) is 12.5 Å². The molecular weight excluding hydrogens is 516 g/mol. The summed E-state index contributed by atoms with van der Waals surface area (Å²) >= 11 is 0. The van der Waals surface area contributed by atoms with Crippen molar-refractivity contribution in [2.24, 2.45) is 29.1 Å². The zero-order valence-electron chi connectivity index (χ0n) is 26.2. The molecule has 0 amide bonds. The van der Waals surface area contributed by atoms with Crippen LogP contribution in [0, 0.1) is 29.1 Å². The Morgan fingerprint density at radius 2 is 1.65 bits per heavy atom. The maximum Gasteiger partial charge on any atom is 0.192 e. The van der Waals surface area contributed by atoms with E-state index < -0.39 is 19.7 Å². The largest absolute Gasteiger partial charge is 0.413 e. The van der Waals surface area contributed by atoms with Gasteiger partial charge < -0.3 is 23.7 Å². The highest BCUT2D eigenvalue weighted by atomic mass is 28.4. The molecule has 1 heterocycles. The second-order valence-corrected chi connectivity index (χ2v) is 20.9. The van der Waals surface area contributed by atoms with Crippen molar-refractivity contribution in [3.05, 3.63) is 35.9 Å². The molecule has 1 N–H and O–H groups in total. The van der Waals surface area contributed by atoms with Crippen molar-refractivity contribution in [1.82, 2.24) is 0 Å². The van der Waals surface area contributed by atoms with Crippen molar-refractivity contribution < 1.29 is 23.7 Å². The molecule has 0 aromatic heterocycles. The predicted octanol–water partition coefficient (Wildman–Crippen LogP) is 7.47. The normalized spacial score (nSPS) is 44.4. The lowest BCUT2D eigenvalue weighted by atomic mass is 9.46. The number of hydrogen-bond acceptors (Lipinski definition) is 5. The van der Waals surface area contributed by atoms with E-state index in [1.807, 2.05) is 0 Å². The number of aliphatic hydroxyl groups is 1. The molecule has 1 aromatic rings. The van der Waals surface area contributed by atoms with Crippen LogP contribution in [-0.2, 0) is 25.2 Å². The monoisotopic (exact) mass is 570 g/mol. The van der Waals surface area contributed by atoms with Crippen LogP contribution >= 0.6 is 0 Å². The average molecular weight is 571 g/mol. The second kappa shape index (κ2) is 9.88. The third-order valence-electron chi connectivity index (χ3n) is 12.3. The summed E-state index contributed by atoms with van der Waals surface area (Å²) in [6.45, 7) is 19.0. The highest BCUT2D eigenvalue weighted by Gasteiger charge is 2.72. The fourth-order valence-electron chi connectivity index (χ4n) is 9.45. The van der Waals surface area contributed by atoms with Crippen molar-refractivity contribution in [2.75, 3.05) is 0 Å². The summed E-state index contributed by atoms with van der Waals surface area (Å²) in [5.74, 6) is 0.124. The summed E-state index contributed by atoms with van der Waals surface area (Å²) in [6, 6.07) is 10.5. The summed E-state index contributed by atoms with van der Waals surface area (Å²) in [5, 5.41) is 13.0. The Hall–Kier alpha value is -0.763. The van der Waals surface area contributed by atoms with Crippen LogP contribution in [0.3, 0.4) is 0 Å². The fourth-order valence-corrected chi connectivity index (χ4v) is 10.9. The van der Waals surface area contributed by atoms with E-state index in [2.05, 4.69) is 85.0 Å². The lowest BCUT2D eigenvalue weighted by Crippen LogP contribution is -2.70. The lowest BCUT2D eigenvalue weighted by Gasteiger charge is -2.63. The zero-order chi connectivity index (χ0) is 28.7. The van der Waals surface area contributed by atoms with Crippen molar-refractivity contribution in [3.8, 4) is 0 Å². The number of benzene rings is 1. The molecule has 40 heavy (non-hydrogen) atoms. The van der Waals surface area contributed by atoms with Crippen LogP contribution in [0.2, 0.25) is 18.1 Å². The van der Waals surface area contributed by atoms with Gasteiger partial charge in [-0.15, -0.1) is 0 Å². The van der Waals surface area contributed by atoms with Crippen LogP contribution in [0.4, 0.5) is 0 Å².